The topological polar surface area (TPSA) is 62.5 Å². The van der Waals surface area contributed by atoms with E-state index in [1.165, 1.54) is 22.5 Å². The maximum atomic E-state index is 12.7. The van der Waals surface area contributed by atoms with Crippen LogP contribution in [0, 0.1) is 18.8 Å². The van der Waals surface area contributed by atoms with Crippen LogP contribution in [0.25, 0.3) is 0 Å². The Morgan fingerprint density at radius 2 is 2.08 bits per heavy atom. The second kappa shape index (κ2) is 5.86. The van der Waals surface area contributed by atoms with Gasteiger partial charge in [-0.25, -0.2) is 4.98 Å². The van der Waals surface area contributed by atoms with Gasteiger partial charge in [-0.3, -0.25) is 9.69 Å². The molecule has 3 atom stereocenters. The number of amides is 1. The lowest BCUT2D eigenvalue weighted by atomic mass is 9.88. The van der Waals surface area contributed by atoms with Crippen molar-refractivity contribution in [3.05, 3.63) is 46.5 Å². The Balaban J connectivity index is 1.57. The maximum Gasteiger partial charge on any atom is 0.273 e. The first-order chi connectivity index (χ1) is 11.5. The van der Waals surface area contributed by atoms with E-state index in [4.69, 9.17) is 5.73 Å². The van der Waals surface area contributed by atoms with Crippen molar-refractivity contribution >= 4 is 22.4 Å². The highest BCUT2D eigenvalue weighted by Gasteiger charge is 2.47. The van der Waals surface area contributed by atoms with E-state index in [1.54, 1.807) is 5.38 Å². The quantitative estimate of drug-likeness (QED) is 0.910. The van der Waals surface area contributed by atoms with Crippen molar-refractivity contribution in [2.45, 2.75) is 13.0 Å². The van der Waals surface area contributed by atoms with E-state index in [0.717, 1.165) is 19.6 Å². The standard InChI is InChI=1S/C18H22N4OS/c1-11-5-3-4-6-13(11)16-14-9-22(8-12(14)7-21(16)2)17(23)15-10-24-18(19)20-15/h3-6,10,12,14,16H,7-9H2,1-2H3,(H2,19,20)/t12-,14+,16+/m0/s1. The Morgan fingerprint density at radius 1 is 1.29 bits per heavy atom. The van der Waals surface area contributed by atoms with Gasteiger partial charge in [0.1, 0.15) is 5.69 Å². The number of rotatable bonds is 2. The van der Waals surface area contributed by atoms with Gasteiger partial charge in [0.05, 0.1) is 0 Å². The van der Waals surface area contributed by atoms with Gasteiger partial charge in [-0.05, 0) is 31.0 Å². The third-order valence-electron chi connectivity index (χ3n) is 5.43. The summed E-state index contributed by atoms with van der Waals surface area (Å²) in [5.74, 6) is 1.03. The highest BCUT2D eigenvalue weighted by atomic mass is 32.1. The average molecular weight is 342 g/mol. The molecule has 0 unspecified atom stereocenters. The molecular formula is C18H22N4OS. The molecule has 0 bridgehead atoms. The lowest BCUT2D eigenvalue weighted by Crippen LogP contribution is -2.33. The summed E-state index contributed by atoms with van der Waals surface area (Å²) >= 11 is 1.32. The van der Waals surface area contributed by atoms with Crippen molar-refractivity contribution in [3.63, 3.8) is 0 Å². The normalized spacial score (nSPS) is 26.8. The van der Waals surface area contributed by atoms with Gasteiger partial charge in [-0.1, -0.05) is 24.3 Å². The fourth-order valence-electron chi connectivity index (χ4n) is 4.36. The molecule has 0 spiro atoms. The van der Waals surface area contributed by atoms with Gasteiger partial charge in [-0.2, -0.15) is 0 Å². The summed E-state index contributed by atoms with van der Waals surface area (Å²) in [7, 11) is 2.20. The SMILES string of the molecule is Cc1ccccc1[C@@H]1[C@@H]2CN(C(=O)c3csc(N)n3)C[C@@H]2CN1C. The summed E-state index contributed by atoms with van der Waals surface area (Å²) in [6.07, 6.45) is 0. The number of carbonyl (C=O) groups is 1. The van der Waals surface area contributed by atoms with Crippen LogP contribution >= 0.6 is 11.3 Å². The van der Waals surface area contributed by atoms with E-state index in [2.05, 4.69) is 48.1 Å². The van der Waals surface area contributed by atoms with Crippen LogP contribution in [0.5, 0.6) is 0 Å². The van der Waals surface area contributed by atoms with Gasteiger partial charge >= 0.3 is 0 Å². The molecule has 1 amide bonds. The van der Waals surface area contributed by atoms with E-state index >= 15 is 0 Å². The zero-order valence-electron chi connectivity index (χ0n) is 14.0. The number of hydrogen-bond donors (Lipinski definition) is 1. The monoisotopic (exact) mass is 342 g/mol. The van der Waals surface area contributed by atoms with Crippen molar-refractivity contribution in [3.8, 4) is 0 Å². The predicted molar refractivity (Wildman–Crippen MR) is 96.0 cm³/mol. The van der Waals surface area contributed by atoms with Crippen LogP contribution < -0.4 is 5.73 Å². The molecule has 6 heteroatoms. The Morgan fingerprint density at radius 3 is 2.79 bits per heavy atom. The number of benzene rings is 1. The molecule has 5 nitrogen and oxygen atoms in total. The molecule has 126 valence electrons. The molecule has 0 radical (unpaired) electrons. The van der Waals surface area contributed by atoms with Crippen LogP contribution in [0.3, 0.4) is 0 Å². The third kappa shape index (κ3) is 2.50. The van der Waals surface area contributed by atoms with Gasteiger partial charge < -0.3 is 10.6 Å². The molecule has 0 saturated carbocycles. The number of carbonyl (C=O) groups excluding carboxylic acids is 1. The second-order valence-corrected chi connectivity index (χ2v) is 7.84. The number of nitrogens with two attached hydrogens (primary N) is 1. The van der Waals surface area contributed by atoms with Crippen molar-refractivity contribution in [2.75, 3.05) is 32.4 Å². The van der Waals surface area contributed by atoms with Gasteiger partial charge in [0.25, 0.3) is 5.91 Å². The number of thiazole rings is 1. The van der Waals surface area contributed by atoms with Gasteiger partial charge in [0, 0.05) is 37.0 Å². The van der Waals surface area contributed by atoms with Crippen molar-refractivity contribution in [1.29, 1.82) is 0 Å². The minimum absolute atomic E-state index is 0.0172. The van der Waals surface area contributed by atoms with Gasteiger partial charge in [0.15, 0.2) is 5.13 Å². The Bertz CT molecular complexity index is 774. The molecule has 1 aromatic carbocycles. The first kappa shape index (κ1) is 15.6. The molecule has 4 rings (SSSR count). The number of hydrogen-bond acceptors (Lipinski definition) is 5. The summed E-state index contributed by atoms with van der Waals surface area (Å²) in [4.78, 5) is 21.2. The fourth-order valence-corrected chi connectivity index (χ4v) is 4.89. The largest absolute Gasteiger partial charge is 0.375 e. The maximum absolute atomic E-state index is 12.7. The summed E-state index contributed by atoms with van der Waals surface area (Å²) < 4.78 is 0. The zero-order valence-corrected chi connectivity index (χ0v) is 14.8. The lowest BCUT2D eigenvalue weighted by molar-refractivity contribution is 0.0763. The van der Waals surface area contributed by atoms with Crippen molar-refractivity contribution in [2.24, 2.45) is 11.8 Å². The van der Waals surface area contributed by atoms with E-state index in [-0.39, 0.29) is 5.91 Å². The van der Waals surface area contributed by atoms with Crippen LogP contribution in [0.1, 0.15) is 27.7 Å². The molecule has 2 aromatic rings. The number of anilines is 1. The van der Waals surface area contributed by atoms with Crippen molar-refractivity contribution in [1.82, 2.24) is 14.8 Å². The molecule has 0 aliphatic carbocycles. The van der Waals surface area contributed by atoms with E-state index < -0.39 is 0 Å². The molecule has 3 heterocycles. The smallest absolute Gasteiger partial charge is 0.273 e. The number of likely N-dealkylation sites (tertiary alicyclic amines) is 2. The number of nitrogens with zero attached hydrogens (tertiary/aromatic N) is 3. The lowest BCUT2D eigenvalue weighted by Gasteiger charge is -2.27. The molecule has 2 aliphatic heterocycles. The van der Waals surface area contributed by atoms with Crippen LogP contribution in [-0.4, -0.2) is 47.4 Å². The summed E-state index contributed by atoms with van der Waals surface area (Å²) in [5, 5.41) is 2.21. The third-order valence-corrected chi connectivity index (χ3v) is 6.10. The molecule has 1 aromatic heterocycles. The Labute approximate surface area is 146 Å². The number of fused-ring (bicyclic) bond motifs is 1. The minimum Gasteiger partial charge on any atom is -0.375 e. The highest BCUT2D eigenvalue weighted by molar-refractivity contribution is 7.13. The Kier molecular flexibility index (Phi) is 3.81. The summed E-state index contributed by atoms with van der Waals surface area (Å²) in [6.45, 7) is 4.82. The molecule has 24 heavy (non-hydrogen) atoms. The first-order valence-electron chi connectivity index (χ1n) is 8.30. The molecule has 2 aliphatic rings. The van der Waals surface area contributed by atoms with Crippen molar-refractivity contribution < 1.29 is 4.79 Å². The minimum atomic E-state index is 0.0172. The van der Waals surface area contributed by atoms with Gasteiger partial charge in [-0.15, -0.1) is 11.3 Å². The molecule has 2 saturated heterocycles. The molecular weight excluding hydrogens is 320 g/mol. The number of aromatic nitrogens is 1. The molecule has 2 N–H and O–H groups in total. The summed E-state index contributed by atoms with van der Waals surface area (Å²) in [6, 6.07) is 8.98. The Hall–Kier alpha value is -1.92. The van der Waals surface area contributed by atoms with Crippen LogP contribution in [0.2, 0.25) is 0 Å². The summed E-state index contributed by atoms with van der Waals surface area (Å²) in [5.41, 5.74) is 8.87. The fraction of sp³-hybridized carbons (Fsp3) is 0.444. The van der Waals surface area contributed by atoms with Crippen LogP contribution in [0.15, 0.2) is 29.6 Å². The van der Waals surface area contributed by atoms with Crippen LogP contribution in [-0.2, 0) is 0 Å². The highest BCUT2D eigenvalue weighted by Crippen LogP contribution is 2.45. The number of nitrogen functional groups attached to an aromatic ring is 1. The zero-order chi connectivity index (χ0) is 16.8. The van der Waals surface area contributed by atoms with Crippen LogP contribution in [0.4, 0.5) is 5.13 Å². The molecule has 2 fully saturated rings. The van der Waals surface area contributed by atoms with E-state index in [1.807, 2.05) is 4.90 Å². The predicted octanol–water partition coefficient (Wildman–Crippen LogP) is 2.41. The number of aryl methyl sites for hydroxylation is 1. The average Bonchev–Trinajstić information content (AvgIpc) is 3.22. The van der Waals surface area contributed by atoms with E-state index in [9.17, 15) is 4.79 Å². The first-order valence-corrected chi connectivity index (χ1v) is 9.18. The van der Waals surface area contributed by atoms with Gasteiger partial charge in [0.2, 0.25) is 0 Å². The van der Waals surface area contributed by atoms with E-state index in [0.29, 0.717) is 28.7 Å². The second-order valence-electron chi connectivity index (χ2n) is 6.95.